The third kappa shape index (κ3) is 2.32. The molecule has 0 fully saturated rings. The van der Waals surface area contributed by atoms with Gasteiger partial charge in [0.2, 0.25) is 5.56 Å². The van der Waals surface area contributed by atoms with Crippen molar-refractivity contribution in [2.45, 2.75) is 0 Å². The van der Waals surface area contributed by atoms with Crippen LogP contribution in [0.4, 0.5) is 5.69 Å². The van der Waals surface area contributed by atoms with Crippen LogP contribution in [0.2, 0.25) is 0 Å². The summed E-state index contributed by atoms with van der Waals surface area (Å²) in [4.78, 5) is 26.2. The minimum Gasteiger partial charge on any atom is -0.464 e. The number of carbonyl (C=O) groups excluding carboxylic acids is 1. The Labute approximate surface area is 130 Å². The van der Waals surface area contributed by atoms with Gasteiger partial charge in [-0.2, -0.15) is 5.26 Å². The van der Waals surface area contributed by atoms with Crippen LogP contribution in [0, 0.1) is 11.3 Å². The lowest BCUT2D eigenvalue weighted by Crippen LogP contribution is -2.11. The molecule has 0 spiro atoms. The van der Waals surface area contributed by atoms with Crippen LogP contribution < -0.4 is 11.3 Å². The van der Waals surface area contributed by atoms with E-state index in [-0.39, 0.29) is 22.5 Å². The number of methoxy groups -OCH3 is 1. The molecule has 3 N–H and O–H groups in total. The van der Waals surface area contributed by atoms with Crippen LogP contribution in [0.3, 0.4) is 0 Å². The molecule has 0 atom stereocenters. The highest BCUT2D eigenvalue weighted by atomic mass is 16.5. The summed E-state index contributed by atoms with van der Waals surface area (Å²) in [6.07, 6.45) is 1.46. The Bertz CT molecular complexity index is 1020. The Balaban J connectivity index is 2.28. The first kappa shape index (κ1) is 14.4. The highest BCUT2D eigenvalue weighted by Gasteiger charge is 2.21. The second-order valence-corrected chi connectivity index (χ2v) is 4.87. The molecule has 23 heavy (non-hydrogen) atoms. The Kier molecular flexibility index (Phi) is 3.35. The summed E-state index contributed by atoms with van der Waals surface area (Å²) in [5.41, 5.74) is 7.12. The number of esters is 1. The number of hydrogen-bond donors (Lipinski definition) is 2. The topological polar surface area (TPSA) is 114 Å². The highest BCUT2D eigenvalue weighted by Crippen LogP contribution is 2.26. The summed E-state index contributed by atoms with van der Waals surface area (Å²) in [5, 5.41) is 9.96. The molecule has 0 aliphatic rings. The predicted octanol–water partition coefficient (Wildman–Crippen LogP) is 1.56. The molecule has 0 saturated carbocycles. The van der Waals surface area contributed by atoms with Gasteiger partial charge in [0.1, 0.15) is 6.07 Å². The standard InChI is InChI=1S/C16H12N4O3/c1-23-16(22)15-14(18)10(7-17)8-20(15)11-4-2-9-3-5-13(21)19-12(9)6-11/h2-6,8H,18H2,1H3,(H,19,21). The van der Waals surface area contributed by atoms with E-state index in [9.17, 15) is 9.59 Å². The molecular weight excluding hydrogens is 296 g/mol. The SMILES string of the molecule is COC(=O)c1c(N)c(C#N)cn1-c1ccc2ccc(=O)[nH]c2c1. The maximum absolute atomic E-state index is 12.0. The second kappa shape index (κ2) is 5.35. The molecule has 0 unspecified atom stereocenters. The van der Waals surface area contributed by atoms with E-state index in [1.807, 2.05) is 6.07 Å². The number of benzene rings is 1. The number of fused-ring (bicyclic) bond motifs is 1. The van der Waals surface area contributed by atoms with E-state index in [1.54, 1.807) is 24.3 Å². The molecule has 2 aromatic heterocycles. The van der Waals surface area contributed by atoms with Crippen molar-refractivity contribution in [3.05, 3.63) is 58.1 Å². The fourth-order valence-electron chi connectivity index (χ4n) is 2.41. The molecule has 0 aliphatic carbocycles. The van der Waals surface area contributed by atoms with Crippen molar-refractivity contribution in [1.82, 2.24) is 9.55 Å². The fraction of sp³-hybridized carbons (Fsp3) is 0.0625. The van der Waals surface area contributed by atoms with E-state index < -0.39 is 5.97 Å². The second-order valence-electron chi connectivity index (χ2n) is 4.87. The molecule has 3 rings (SSSR count). The van der Waals surface area contributed by atoms with Gasteiger partial charge in [0.25, 0.3) is 0 Å². The zero-order chi connectivity index (χ0) is 16.6. The summed E-state index contributed by atoms with van der Waals surface area (Å²) in [7, 11) is 1.24. The first-order chi connectivity index (χ1) is 11.0. The Morgan fingerprint density at radius 2 is 2.09 bits per heavy atom. The molecule has 0 bridgehead atoms. The first-order valence-electron chi connectivity index (χ1n) is 6.68. The van der Waals surface area contributed by atoms with Gasteiger partial charge in [0.15, 0.2) is 5.69 Å². The van der Waals surface area contributed by atoms with Crippen molar-refractivity contribution in [2.24, 2.45) is 0 Å². The van der Waals surface area contributed by atoms with Crippen LogP contribution >= 0.6 is 0 Å². The van der Waals surface area contributed by atoms with E-state index in [0.29, 0.717) is 11.2 Å². The molecule has 0 saturated heterocycles. The zero-order valence-corrected chi connectivity index (χ0v) is 12.2. The number of nitrogens with one attached hydrogen (secondary N) is 1. The average Bonchev–Trinajstić information content (AvgIpc) is 2.90. The number of hydrogen-bond acceptors (Lipinski definition) is 5. The molecule has 7 nitrogen and oxygen atoms in total. The van der Waals surface area contributed by atoms with Crippen LogP contribution in [-0.4, -0.2) is 22.6 Å². The Hall–Kier alpha value is -3.53. The zero-order valence-electron chi connectivity index (χ0n) is 12.2. The lowest BCUT2D eigenvalue weighted by molar-refractivity contribution is 0.0593. The molecule has 0 aliphatic heterocycles. The van der Waals surface area contributed by atoms with E-state index in [4.69, 9.17) is 15.7 Å². The van der Waals surface area contributed by atoms with Gasteiger partial charge in [-0.05, 0) is 23.6 Å². The highest BCUT2D eigenvalue weighted by molar-refractivity contribution is 5.96. The molecule has 114 valence electrons. The third-order valence-corrected chi connectivity index (χ3v) is 3.53. The lowest BCUT2D eigenvalue weighted by atomic mass is 10.2. The van der Waals surface area contributed by atoms with Gasteiger partial charge in [0.05, 0.1) is 23.9 Å². The number of pyridine rings is 1. The number of nitriles is 1. The molecule has 0 amide bonds. The largest absolute Gasteiger partial charge is 0.464 e. The van der Waals surface area contributed by atoms with Gasteiger partial charge in [-0.15, -0.1) is 0 Å². The number of carbonyl (C=O) groups is 1. The number of nitrogen functional groups attached to an aromatic ring is 1. The van der Waals surface area contributed by atoms with Crippen molar-refractivity contribution < 1.29 is 9.53 Å². The summed E-state index contributed by atoms with van der Waals surface area (Å²) in [6, 6.07) is 10.3. The quantitative estimate of drug-likeness (QED) is 0.697. The number of rotatable bonds is 2. The van der Waals surface area contributed by atoms with Gasteiger partial charge in [-0.3, -0.25) is 4.79 Å². The summed E-state index contributed by atoms with van der Waals surface area (Å²) in [5.74, 6) is -0.648. The van der Waals surface area contributed by atoms with E-state index in [1.165, 1.54) is 23.9 Å². The van der Waals surface area contributed by atoms with Gasteiger partial charge in [0, 0.05) is 18.0 Å². The van der Waals surface area contributed by atoms with Crippen molar-refractivity contribution in [1.29, 1.82) is 5.26 Å². The van der Waals surface area contributed by atoms with Crippen molar-refractivity contribution in [2.75, 3.05) is 12.8 Å². The van der Waals surface area contributed by atoms with Crippen molar-refractivity contribution in [3.8, 4) is 11.8 Å². The number of anilines is 1. The number of nitrogens with two attached hydrogens (primary N) is 1. The normalized spacial score (nSPS) is 10.4. The lowest BCUT2D eigenvalue weighted by Gasteiger charge is -2.09. The summed E-state index contributed by atoms with van der Waals surface area (Å²) >= 11 is 0. The van der Waals surface area contributed by atoms with E-state index in [0.717, 1.165) is 5.39 Å². The predicted molar refractivity (Wildman–Crippen MR) is 84.4 cm³/mol. The van der Waals surface area contributed by atoms with Crippen molar-refractivity contribution in [3.63, 3.8) is 0 Å². The fourth-order valence-corrected chi connectivity index (χ4v) is 2.41. The molecule has 7 heteroatoms. The van der Waals surface area contributed by atoms with E-state index >= 15 is 0 Å². The Morgan fingerprint density at radius 1 is 1.35 bits per heavy atom. The molecule has 2 heterocycles. The van der Waals surface area contributed by atoms with Crippen LogP contribution in [0.25, 0.3) is 16.6 Å². The van der Waals surface area contributed by atoms with E-state index in [2.05, 4.69) is 4.98 Å². The molecule has 0 radical (unpaired) electrons. The third-order valence-electron chi connectivity index (χ3n) is 3.53. The maximum atomic E-state index is 12.0. The van der Waals surface area contributed by atoms with Crippen LogP contribution in [0.15, 0.2) is 41.3 Å². The van der Waals surface area contributed by atoms with Gasteiger partial charge in [-0.1, -0.05) is 6.07 Å². The number of H-pyrrole nitrogens is 1. The minimum atomic E-state index is -0.648. The van der Waals surface area contributed by atoms with Crippen LogP contribution in [0.1, 0.15) is 16.1 Å². The maximum Gasteiger partial charge on any atom is 0.357 e. The van der Waals surface area contributed by atoms with Crippen LogP contribution in [0.5, 0.6) is 0 Å². The summed E-state index contributed by atoms with van der Waals surface area (Å²) in [6.45, 7) is 0. The molecular formula is C16H12N4O3. The van der Waals surface area contributed by atoms with Gasteiger partial charge < -0.3 is 20.0 Å². The number of aromatic amines is 1. The Morgan fingerprint density at radius 3 is 2.78 bits per heavy atom. The summed E-state index contributed by atoms with van der Waals surface area (Å²) < 4.78 is 6.21. The monoisotopic (exact) mass is 308 g/mol. The van der Waals surface area contributed by atoms with Crippen LogP contribution in [-0.2, 0) is 4.74 Å². The van der Waals surface area contributed by atoms with Gasteiger partial charge >= 0.3 is 5.97 Å². The molecule has 3 aromatic rings. The van der Waals surface area contributed by atoms with Crippen molar-refractivity contribution >= 4 is 22.6 Å². The minimum absolute atomic E-state index is 0.0565. The number of aromatic nitrogens is 2. The van der Waals surface area contributed by atoms with Gasteiger partial charge in [-0.25, -0.2) is 4.79 Å². The number of ether oxygens (including phenoxy) is 1. The number of nitrogens with zero attached hydrogens (tertiary/aromatic N) is 2. The molecule has 1 aromatic carbocycles. The first-order valence-corrected chi connectivity index (χ1v) is 6.68. The average molecular weight is 308 g/mol. The smallest absolute Gasteiger partial charge is 0.357 e.